The van der Waals surface area contributed by atoms with Crippen molar-refractivity contribution in [2.45, 2.75) is 13.0 Å². The van der Waals surface area contributed by atoms with E-state index in [1.165, 1.54) is 6.92 Å². The van der Waals surface area contributed by atoms with Gasteiger partial charge in [0.15, 0.2) is 5.88 Å². The van der Waals surface area contributed by atoms with Crippen LogP contribution in [0.4, 0.5) is 0 Å². The molecule has 1 aliphatic rings. The lowest BCUT2D eigenvalue weighted by molar-refractivity contribution is -0.138. The first-order valence-electron chi connectivity index (χ1n) is 5.46. The van der Waals surface area contributed by atoms with Crippen LogP contribution in [0.3, 0.4) is 0 Å². The fourth-order valence-corrected chi connectivity index (χ4v) is 1.78. The van der Waals surface area contributed by atoms with Crippen molar-refractivity contribution in [1.82, 2.24) is 15.2 Å². The molecular weight excluding hydrogens is 254 g/mol. The van der Waals surface area contributed by atoms with E-state index in [4.69, 9.17) is 0 Å². The van der Waals surface area contributed by atoms with Gasteiger partial charge in [-0.25, -0.2) is 0 Å². The average molecular weight is 265 g/mol. The highest BCUT2D eigenvalue weighted by Gasteiger charge is 2.34. The Morgan fingerprint density at radius 1 is 1.37 bits per heavy atom. The van der Waals surface area contributed by atoms with Gasteiger partial charge in [0, 0.05) is 12.1 Å². The summed E-state index contributed by atoms with van der Waals surface area (Å²) in [6.45, 7) is 1.19. The lowest BCUT2D eigenvalue weighted by Crippen LogP contribution is -2.58. The summed E-state index contributed by atoms with van der Waals surface area (Å²) in [6.07, 6.45) is 0. The molecule has 1 aromatic heterocycles. The molecule has 3 N–H and O–H groups in total. The normalized spacial score (nSPS) is 19.2. The van der Waals surface area contributed by atoms with Crippen LogP contribution in [0.2, 0.25) is 0 Å². The van der Waals surface area contributed by atoms with Gasteiger partial charge >= 0.3 is 0 Å². The second kappa shape index (κ2) is 4.56. The van der Waals surface area contributed by atoms with Gasteiger partial charge < -0.3 is 10.0 Å². The van der Waals surface area contributed by atoms with Crippen molar-refractivity contribution in [3.05, 3.63) is 28.0 Å². The van der Waals surface area contributed by atoms with Crippen LogP contribution in [-0.4, -0.2) is 45.3 Å². The van der Waals surface area contributed by atoms with E-state index in [1.807, 2.05) is 0 Å². The minimum Gasteiger partial charge on any atom is -0.494 e. The van der Waals surface area contributed by atoms with Gasteiger partial charge in [-0.3, -0.25) is 29.5 Å². The summed E-state index contributed by atoms with van der Waals surface area (Å²) in [5, 5.41) is 11.3. The van der Waals surface area contributed by atoms with Crippen molar-refractivity contribution in [1.29, 1.82) is 0 Å². The molecule has 0 aromatic carbocycles. The van der Waals surface area contributed by atoms with Crippen LogP contribution in [0.15, 0.2) is 16.9 Å². The molecule has 0 aliphatic carbocycles. The molecule has 1 atom stereocenters. The van der Waals surface area contributed by atoms with Crippen LogP contribution in [-0.2, 0) is 9.59 Å². The van der Waals surface area contributed by atoms with Crippen LogP contribution in [0.25, 0.3) is 0 Å². The third-order valence-electron chi connectivity index (χ3n) is 2.76. The number of hydrogen-bond donors (Lipinski definition) is 3. The molecule has 8 heteroatoms. The Labute approximate surface area is 107 Å². The Morgan fingerprint density at radius 2 is 2.05 bits per heavy atom. The number of aromatic nitrogens is 1. The Balaban J connectivity index is 2.35. The topological polar surface area (TPSA) is 120 Å². The Kier molecular flexibility index (Phi) is 3.07. The summed E-state index contributed by atoms with van der Waals surface area (Å²) in [6, 6.07) is 1.23. The van der Waals surface area contributed by atoms with Crippen molar-refractivity contribution in [3.8, 4) is 5.88 Å². The van der Waals surface area contributed by atoms with Gasteiger partial charge in [0.25, 0.3) is 11.5 Å². The fraction of sp³-hybridized carbons (Fsp3) is 0.273. The van der Waals surface area contributed by atoms with Crippen molar-refractivity contribution in [3.63, 3.8) is 0 Å². The average Bonchev–Trinajstić information content (AvgIpc) is 2.31. The van der Waals surface area contributed by atoms with Crippen LogP contribution in [0.1, 0.15) is 17.3 Å². The van der Waals surface area contributed by atoms with Crippen LogP contribution in [0.5, 0.6) is 5.88 Å². The molecule has 19 heavy (non-hydrogen) atoms. The number of piperazine rings is 1. The van der Waals surface area contributed by atoms with E-state index in [9.17, 15) is 24.3 Å². The smallest absolute Gasteiger partial charge is 0.255 e. The highest BCUT2D eigenvalue weighted by atomic mass is 16.3. The fourth-order valence-electron chi connectivity index (χ4n) is 1.78. The number of nitrogens with one attached hydrogen (secondary N) is 2. The summed E-state index contributed by atoms with van der Waals surface area (Å²) in [5.74, 6) is -2.31. The summed E-state index contributed by atoms with van der Waals surface area (Å²) in [5.41, 5.74) is -0.737. The number of rotatable bonds is 1. The predicted octanol–water partition coefficient (Wildman–Crippen LogP) is -1.43. The van der Waals surface area contributed by atoms with E-state index in [2.05, 4.69) is 10.3 Å². The molecule has 0 saturated carbocycles. The van der Waals surface area contributed by atoms with Crippen molar-refractivity contribution >= 4 is 17.7 Å². The number of aromatic hydroxyl groups is 1. The first kappa shape index (κ1) is 12.8. The number of amides is 3. The molecule has 3 amide bonds. The maximum absolute atomic E-state index is 12.1. The predicted molar refractivity (Wildman–Crippen MR) is 62.4 cm³/mol. The summed E-state index contributed by atoms with van der Waals surface area (Å²) < 4.78 is 0. The van der Waals surface area contributed by atoms with Crippen LogP contribution >= 0.6 is 0 Å². The third kappa shape index (κ3) is 2.46. The standard InChI is InChI=1S/C11H11N3O5/c1-5-10(18)13-9(17)4-14(5)11(19)6-2-7(15)12-8(16)3-6/h2-3,5H,4H2,1H3,(H2,12,15,16)(H,13,17,18). The summed E-state index contributed by atoms with van der Waals surface area (Å²) in [7, 11) is 0. The second-order valence-corrected chi connectivity index (χ2v) is 4.14. The number of carbonyl (C=O) groups is 3. The Bertz CT molecular complexity index is 621. The molecule has 1 saturated heterocycles. The van der Waals surface area contributed by atoms with E-state index >= 15 is 0 Å². The Hall–Kier alpha value is -2.64. The minimum absolute atomic E-state index is 0.0874. The van der Waals surface area contributed by atoms with Crippen molar-refractivity contribution in [2.24, 2.45) is 0 Å². The first-order valence-corrected chi connectivity index (χ1v) is 5.46. The zero-order valence-electron chi connectivity index (χ0n) is 9.97. The largest absolute Gasteiger partial charge is 0.494 e. The number of hydrogen-bond acceptors (Lipinski definition) is 5. The van der Waals surface area contributed by atoms with E-state index < -0.39 is 35.2 Å². The molecule has 8 nitrogen and oxygen atoms in total. The molecule has 2 heterocycles. The van der Waals surface area contributed by atoms with Gasteiger partial charge in [0.05, 0.1) is 5.56 Å². The maximum Gasteiger partial charge on any atom is 0.255 e. The molecule has 0 radical (unpaired) electrons. The molecule has 1 aliphatic heterocycles. The van der Waals surface area contributed by atoms with E-state index in [0.29, 0.717) is 0 Å². The first-order chi connectivity index (χ1) is 8.88. The zero-order valence-corrected chi connectivity index (χ0v) is 9.97. The molecule has 2 rings (SSSR count). The number of carbonyl (C=O) groups excluding carboxylic acids is 3. The SMILES string of the molecule is CC1C(=O)NC(=O)CN1C(=O)c1cc(O)[nH]c(=O)c1. The summed E-state index contributed by atoms with van der Waals surface area (Å²) in [4.78, 5) is 49.1. The van der Waals surface area contributed by atoms with Gasteiger partial charge in [-0.05, 0) is 6.92 Å². The molecule has 1 unspecified atom stereocenters. The van der Waals surface area contributed by atoms with Gasteiger partial charge in [0.2, 0.25) is 11.8 Å². The number of imide groups is 1. The minimum atomic E-state index is -0.827. The van der Waals surface area contributed by atoms with Gasteiger partial charge in [-0.15, -0.1) is 0 Å². The molecular formula is C11H11N3O5. The zero-order chi connectivity index (χ0) is 14.2. The quantitative estimate of drug-likeness (QED) is 0.538. The van der Waals surface area contributed by atoms with Crippen molar-refractivity contribution in [2.75, 3.05) is 6.54 Å². The van der Waals surface area contributed by atoms with E-state index in [1.54, 1.807) is 0 Å². The Morgan fingerprint density at radius 3 is 2.68 bits per heavy atom. The van der Waals surface area contributed by atoms with E-state index in [-0.39, 0.29) is 12.1 Å². The highest BCUT2D eigenvalue weighted by Crippen LogP contribution is 2.12. The second-order valence-electron chi connectivity index (χ2n) is 4.14. The number of H-pyrrole nitrogens is 1. The third-order valence-corrected chi connectivity index (χ3v) is 2.76. The molecule has 0 spiro atoms. The van der Waals surface area contributed by atoms with Crippen LogP contribution in [0, 0.1) is 0 Å². The molecule has 1 aromatic rings. The van der Waals surface area contributed by atoms with Gasteiger partial charge in [0.1, 0.15) is 12.6 Å². The van der Waals surface area contributed by atoms with Gasteiger partial charge in [-0.1, -0.05) is 0 Å². The van der Waals surface area contributed by atoms with Gasteiger partial charge in [-0.2, -0.15) is 0 Å². The van der Waals surface area contributed by atoms with Crippen LogP contribution < -0.4 is 10.9 Å². The lowest BCUT2D eigenvalue weighted by Gasteiger charge is -2.31. The maximum atomic E-state index is 12.1. The molecule has 1 fully saturated rings. The molecule has 100 valence electrons. The highest BCUT2D eigenvalue weighted by molar-refractivity contribution is 6.07. The molecule has 0 bridgehead atoms. The van der Waals surface area contributed by atoms with Crippen molar-refractivity contribution < 1.29 is 19.5 Å². The summed E-state index contributed by atoms with van der Waals surface area (Å²) >= 11 is 0. The monoisotopic (exact) mass is 265 g/mol. The number of pyridine rings is 1. The van der Waals surface area contributed by atoms with E-state index in [0.717, 1.165) is 17.0 Å². The number of nitrogens with zero attached hydrogens (tertiary/aromatic N) is 1. The number of aromatic amines is 1. The lowest BCUT2D eigenvalue weighted by atomic mass is 10.1.